The molecular formula is C57H98. The summed E-state index contributed by atoms with van der Waals surface area (Å²) in [6.45, 7) is 27.1. The van der Waals surface area contributed by atoms with Crippen LogP contribution in [0.3, 0.4) is 0 Å². The van der Waals surface area contributed by atoms with E-state index in [-0.39, 0.29) is 18.3 Å². The zero-order chi connectivity index (χ0) is 41.7. The van der Waals surface area contributed by atoms with Crippen molar-refractivity contribution in [3.05, 3.63) is 105 Å². The Morgan fingerprint density at radius 3 is 1.19 bits per heavy atom. The fourth-order valence-electron chi connectivity index (χ4n) is 7.65. The van der Waals surface area contributed by atoms with E-state index in [0.29, 0.717) is 0 Å². The molecule has 326 valence electrons. The number of hydrogen-bond acceptors (Lipinski definition) is 0. The molecule has 0 unspecified atom stereocenters. The zero-order valence-corrected chi connectivity index (χ0v) is 39.7. The Morgan fingerprint density at radius 1 is 0.368 bits per heavy atom. The Hall–Kier alpha value is -2.34. The minimum absolute atomic E-state index is 0. The van der Waals surface area contributed by atoms with Gasteiger partial charge in [0.1, 0.15) is 0 Å². The average molecular weight is 783 g/mol. The third-order valence-corrected chi connectivity index (χ3v) is 11.6. The molecule has 0 radical (unpaired) electrons. The van der Waals surface area contributed by atoms with Crippen LogP contribution in [0.1, 0.15) is 249 Å². The Labute approximate surface area is 359 Å². The summed E-state index contributed by atoms with van der Waals surface area (Å²) in [7, 11) is 0. The van der Waals surface area contributed by atoms with Gasteiger partial charge in [0.2, 0.25) is 0 Å². The van der Waals surface area contributed by atoms with Crippen LogP contribution in [-0.4, -0.2) is 0 Å². The third-order valence-electron chi connectivity index (χ3n) is 11.6. The SMILES string of the molecule is C.CCCCCCCCCc1ccc(C)c(CCCCCCCCC)c1.CCCCCCCCCc1ccc(C)cc1.Cc1ccc(C(C)(C)C)cc1C(C)(C)C. The Balaban J connectivity index is 0.000000856. The van der Waals surface area contributed by atoms with Gasteiger partial charge in [-0.3, -0.25) is 0 Å². The highest BCUT2D eigenvalue weighted by Gasteiger charge is 2.20. The summed E-state index contributed by atoms with van der Waals surface area (Å²) in [5, 5.41) is 0. The summed E-state index contributed by atoms with van der Waals surface area (Å²) >= 11 is 0. The second kappa shape index (κ2) is 32.5. The van der Waals surface area contributed by atoms with Crippen LogP contribution in [0.5, 0.6) is 0 Å². The molecule has 0 aliphatic heterocycles. The number of hydrogen-bond donors (Lipinski definition) is 0. The zero-order valence-electron chi connectivity index (χ0n) is 39.7. The first kappa shape index (κ1) is 54.7. The maximum absolute atomic E-state index is 2.50. The van der Waals surface area contributed by atoms with Crippen molar-refractivity contribution in [2.45, 2.75) is 255 Å². The Bertz CT molecular complexity index is 1360. The van der Waals surface area contributed by atoms with Crippen LogP contribution in [-0.2, 0) is 30.1 Å². The minimum atomic E-state index is 0. The molecule has 0 aromatic heterocycles. The lowest BCUT2D eigenvalue weighted by Gasteiger charge is -2.26. The summed E-state index contributed by atoms with van der Waals surface area (Å²) in [4.78, 5) is 0. The minimum Gasteiger partial charge on any atom is -0.0776 e. The predicted octanol–water partition coefficient (Wildman–Crippen LogP) is 19.1. The first-order valence-corrected chi connectivity index (χ1v) is 24.0. The molecule has 0 amide bonds. The monoisotopic (exact) mass is 783 g/mol. The van der Waals surface area contributed by atoms with Crippen LogP contribution in [0.4, 0.5) is 0 Å². The summed E-state index contributed by atoms with van der Waals surface area (Å²) in [6.07, 6.45) is 33.3. The van der Waals surface area contributed by atoms with Gasteiger partial charge in [-0.15, -0.1) is 0 Å². The van der Waals surface area contributed by atoms with E-state index in [4.69, 9.17) is 0 Å². The van der Waals surface area contributed by atoms with Crippen molar-refractivity contribution in [3.63, 3.8) is 0 Å². The molecule has 3 rings (SSSR count). The quantitative estimate of drug-likeness (QED) is 0.0794. The van der Waals surface area contributed by atoms with Crippen LogP contribution >= 0.6 is 0 Å². The molecule has 0 atom stereocenters. The predicted molar refractivity (Wildman–Crippen MR) is 263 cm³/mol. The number of aryl methyl sites for hydroxylation is 6. The van der Waals surface area contributed by atoms with Crippen LogP contribution in [0.2, 0.25) is 0 Å². The van der Waals surface area contributed by atoms with Crippen molar-refractivity contribution in [1.82, 2.24) is 0 Å². The lowest BCUT2D eigenvalue weighted by atomic mass is 9.79. The van der Waals surface area contributed by atoms with E-state index in [0.717, 1.165) is 0 Å². The van der Waals surface area contributed by atoms with E-state index in [1.165, 1.54) is 187 Å². The highest BCUT2D eigenvalue weighted by Crippen LogP contribution is 2.31. The Morgan fingerprint density at radius 2 is 0.754 bits per heavy atom. The summed E-state index contributed by atoms with van der Waals surface area (Å²) < 4.78 is 0. The second-order valence-electron chi connectivity index (χ2n) is 19.4. The van der Waals surface area contributed by atoms with Crippen molar-refractivity contribution < 1.29 is 0 Å². The highest BCUT2D eigenvalue weighted by atomic mass is 14.2. The highest BCUT2D eigenvalue weighted by molar-refractivity contribution is 5.38. The summed E-state index contributed by atoms with van der Waals surface area (Å²) in [5.41, 5.74) is 12.3. The van der Waals surface area contributed by atoms with Crippen LogP contribution in [0.15, 0.2) is 60.7 Å². The molecule has 0 fully saturated rings. The molecule has 0 heteroatoms. The van der Waals surface area contributed by atoms with Gasteiger partial charge in [0.05, 0.1) is 0 Å². The smallest absolute Gasteiger partial charge is 0.0129 e. The fourth-order valence-corrected chi connectivity index (χ4v) is 7.65. The maximum Gasteiger partial charge on any atom is -0.0129 e. The van der Waals surface area contributed by atoms with Gasteiger partial charge in [-0.1, -0.05) is 252 Å². The van der Waals surface area contributed by atoms with Gasteiger partial charge in [-0.25, -0.2) is 0 Å². The normalized spacial score (nSPS) is 11.3. The van der Waals surface area contributed by atoms with Gasteiger partial charge >= 0.3 is 0 Å². The van der Waals surface area contributed by atoms with E-state index in [1.54, 1.807) is 11.1 Å². The topological polar surface area (TPSA) is 0 Å². The van der Waals surface area contributed by atoms with Gasteiger partial charge in [0.15, 0.2) is 0 Å². The molecule has 3 aromatic rings. The largest absolute Gasteiger partial charge is 0.0776 e. The second-order valence-corrected chi connectivity index (χ2v) is 19.4. The standard InChI is InChI=1S/C25H44.C16H26.C15H24.CH4/c1-4-6-8-10-12-14-16-18-24-21-20-23(3)25(22-24)19-17-15-13-11-9-7-5-2;1-3-4-5-6-7-8-9-10-16-13-11-15(2)12-14-16;1-11-8-9-12(14(2,3)4)10-13(11)15(5,6)7;/h20-22H,4-19H2,1-3H3;11-14H,3-10H2,1-2H3;8-10H,1-7H3;1H4. The van der Waals surface area contributed by atoms with Gasteiger partial charge < -0.3 is 0 Å². The molecule has 0 saturated heterocycles. The molecule has 57 heavy (non-hydrogen) atoms. The molecule has 0 aliphatic rings. The van der Waals surface area contributed by atoms with Gasteiger partial charge in [0.25, 0.3) is 0 Å². The molecule has 0 nitrogen and oxygen atoms in total. The Kier molecular flexibility index (Phi) is 31.2. The van der Waals surface area contributed by atoms with Crippen molar-refractivity contribution in [3.8, 4) is 0 Å². The maximum atomic E-state index is 2.50. The van der Waals surface area contributed by atoms with E-state index in [2.05, 4.69) is 144 Å². The molecule has 0 heterocycles. The van der Waals surface area contributed by atoms with Crippen molar-refractivity contribution >= 4 is 0 Å². The summed E-state index contributed by atoms with van der Waals surface area (Å²) in [6, 6.07) is 23.1. The lowest BCUT2D eigenvalue weighted by Crippen LogP contribution is -2.17. The average Bonchev–Trinajstić information content (AvgIpc) is 3.15. The first-order chi connectivity index (χ1) is 26.7. The van der Waals surface area contributed by atoms with Gasteiger partial charge in [0, 0.05) is 0 Å². The molecule has 0 spiro atoms. The van der Waals surface area contributed by atoms with E-state index >= 15 is 0 Å². The van der Waals surface area contributed by atoms with Crippen LogP contribution < -0.4 is 0 Å². The van der Waals surface area contributed by atoms with Crippen molar-refractivity contribution in [2.75, 3.05) is 0 Å². The summed E-state index contributed by atoms with van der Waals surface area (Å²) in [5.74, 6) is 0. The van der Waals surface area contributed by atoms with Crippen LogP contribution in [0.25, 0.3) is 0 Å². The number of rotatable bonds is 24. The first-order valence-electron chi connectivity index (χ1n) is 24.0. The number of benzene rings is 3. The molecule has 3 aromatic carbocycles. The van der Waals surface area contributed by atoms with E-state index < -0.39 is 0 Å². The molecular weight excluding hydrogens is 685 g/mol. The number of unbranched alkanes of at least 4 members (excludes halogenated alkanes) is 18. The molecule has 0 saturated carbocycles. The third kappa shape index (κ3) is 27.1. The fraction of sp³-hybridized carbons (Fsp3) is 0.684. The van der Waals surface area contributed by atoms with E-state index in [1.807, 2.05) is 0 Å². The van der Waals surface area contributed by atoms with Crippen molar-refractivity contribution in [2.24, 2.45) is 0 Å². The molecule has 0 bridgehead atoms. The lowest BCUT2D eigenvalue weighted by molar-refractivity contribution is 0.566. The van der Waals surface area contributed by atoms with Gasteiger partial charge in [-0.05, 0) is 109 Å². The van der Waals surface area contributed by atoms with E-state index in [9.17, 15) is 0 Å². The van der Waals surface area contributed by atoms with Crippen molar-refractivity contribution in [1.29, 1.82) is 0 Å². The van der Waals surface area contributed by atoms with Gasteiger partial charge in [-0.2, -0.15) is 0 Å². The molecule has 0 N–H and O–H groups in total. The molecule has 0 aliphatic carbocycles. The van der Waals surface area contributed by atoms with Crippen LogP contribution in [0, 0.1) is 20.8 Å².